The van der Waals surface area contributed by atoms with E-state index in [-0.39, 0.29) is 98.5 Å². The van der Waals surface area contributed by atoms with Crippen molar-refractivity contribution in [2.75, 3.05) is 96.9 Å². The lowest BCUT2D eigenvalue weighted by molar-refractivity contribution is -0.135. The van der Waals surface area contributed by atoms with E-state index in [4.69, 9.17) is 69.2 Å². The summed E-state index contributed by atoms with van der Waals surface area (Å²) >= 11 is 18.6. The van der Waals surface area contributed by atoms with Crippen LogP contribution in [0.4, 0.5) is 25.1 Å². The number of aliphatic imine (C=N–C) groups is 1. The van der Waals surface area contributed by atoms with Crippen molar-refractivity contribution in [1.82, 2.24) is 29.5 Å². The van der Waals surface area contributed by atoms with Crippen molar-refractivity contribution in [3.05, 3.63) is 175 Å². The van der Waals surface area contributed by atoms with E-state index < -0.39 is 47.3 Å². The van der Waals surface area contributed by atoms with E-state index in [1.165, 1.54) is 19.2 Å². The number of aromatic nitrogens is 1. The van der Waals surface area contributed by atoms with Gasteiger partial charge in [0, 0.05) is 79.4 Å². The number of amides is 6. The van der Waals surface area contributed by atoms with Gasteiger partial charge in [-0.05, 0) is 111 Å². The molecular weight excluding hydrogens is 1180 g/mol. The van der Waals surface area contributed by atoms with Crippen LogP contribution < -0.4 is 25.3 Å². The molecule has 2 saturated heterocycles. The molecule has 2 fully saturated rings. The molecule has 3 N–H and O–H groups in total. The third kappa shape index (κ3) is 14.9. The van der Waals surface area contributed by atoms with Crippen molar-refractivity contribution in [1.29, 1.82) is 0 Å². The summed E-state index contributed by atoms with van der Waals surface area (Å²) in [6.45, 7) is 8.06. The van der Waals surface area contributed by atoms with E-state index in [0.717, 1.165) is 23.3 Å². The third-order valence-corrected chi connectivity index (χ3v) is 15.5. The maximum atomic E-state index is 15.1. The second-order valence-corrected chi connectivity index (χ2v) is 22.0. The molecule has 452 valence electrons. The molecule has 19 nitrogen and oxygen atoms in total. The van der Waals surface area contributed by atoms with Crippen LogP contribution >= 0.6 is 34.8 Å². The van der Waals surface area contributed by atoms with E-state index >= 15 is 4.79 Å². The van der Waals surface area contributed by atoms with E-state index in [2.05, 4.69) is 10.3 Å². The number of benzene rings is 5. The summed E-state index contributed by atoms with van der Waals surface area (Å²) in [4.78, 5) is 86.0. The highest BCUT2D eigenvalue weighted by Crippen LogP contribution is 2.46. The standard InChI is InChI=1S/C62H64Cl3F2N9O10/c1-37(2)85-50-34-46(82-4)17-18-47(50)59-71-56(39-5-11-43(63)12-6-39)57(40-7-13-44(64)14-8-40)76(59)62(81)75-27-24-73(53(78)36-75)28-30-84-32-31-83-29-21-52(77)72-22-25-74(26-23-72)61(80)41-9-15-45(16-10-41)70-60(79)42-33-51(58(68)69-35-42)86-38(3)54-49(66)20-19-48(65)55(54)67/h5-20,33-35,37-38,56-57H,21-32,36H2,1-4H3,(H2,68,69)(H,70,79)/t38-,56+,57-/m1/s1. The molecule has 1 aromatic heterocycles. The number of piperazine rings is 2. The molecule has 0 aliphatic carbocycles. The Kier molecular flexibility index (Phi) is 20.6. The van der Waals surface area contributed by atoms with Crippen LogP contribution in [0.25, 0.3) is 0 Å². The fourth-order valence-electron chi connectivity index (χ4n) is 10.2. The van der Waals surface area contributed by atoms with Gasteiger partial charge in [-0.2, -0.15) is 0 Å². The molecule has 24 heteroatoms. The van der Waals surface area contributed by atoms with Crippen molar-refractivity contribution in [2.45, 2.75) is 51.5 Å². The first-order chi connectivity index (χ1) is 41.4. The van der Waals surface area contributed by atoms with Gasteiger partial charge in [-0.15, -0.1) is 0 Å². The number of ether oxygens (including phenoxy) is 5. The molecule has 6 aromatic rings. The summed E-state index contributed by atoms with van der Waals surface area (Å²) in [5.41, 5.74) is 8.54. The molecule has 0 saturated carbocycles. The zero-order chi connectivity index (χ0) is 61.2. The van der Waals surface area contributed by atoms with Crippen molar-refractivity contribution >= 4 is 81.8 Å². The average molecular weight is 1240 g/mol. The van der Waals surface area contributed by atoms with Crippen LogP contribution in [0, 0.1) is 11.6 Å². The number of anilines is 2. The largest absolute Gasteiger partial charge is 0.497 e. The second-order valence-electron chi connectivity index (χ2n) is 20.7. The minimum absolute atomic E-state index is 0.0476. The fourth-order valence-corrected chi connectivity index (χ4v) is 10.6. The van der Waals surface area contributed by atoms with Crippen LogP contribution in [0.5, 0.6) is 17.2 Å². The molecule has 9 rings (SSSR count). The summed E-state index contributed by atoms with van der Waals surface area (Å²) < 4.78 is 58.2. The predicted octanol–water partition coefficient (Wildman–Crippen LogP) is 10.3. The highest BCUT2D eigenvalue weighted by Gasteiger charge is 2.46. The molecule has 4 heterocycles. The maximum absolute atomic E-state index is 15.1. The Hall–Kier alpha value is -8.08. The number of nitrogens with one attached hydrogen (secondary N) is 1. The number of carbonyl (C=O) groups is 5. The Labute approximate surface area is 511 Å². The van der Waals surface area contributed by atoms with Gasteiger partial charge >= 0.3 is 6.03 Å². The maximum Gasteiger partial charge on any atom is 0.326 e. The summed E-state index contributed by atoms with van der Waals surface area (Å²) in [5, 5.41) is 3.53. The van der Waals surface area contributed by atoms with Crippen molar-refractivity contribution in [3.63, 3.8) is 0 Å². The average Bonchev–Trinajstić information content (AvgIpc) is 1.69. The SMILES string of the molecule is COc1ccc(C2=N[C@@H](c3ccc(Cl)cc3)[C@@H](c3ccc(Cl)cc3)N2C(=O)N2CCN(CCOCCOCCC(=O)N3CCN(C(=O)c4ccc(NC(=O)c5cnc(N)c(O[C@H](C)c6c(F)ccc(Cl)c6F)c5)cc4)CC3)C(=O)C2)c(OC(C)C)c1. The minimum atomic E-state index is -1.17. The zero-order valence-corrected chi connectivity index (χ0v) is 49.9. The Morgan fingerprint density at radius 1 is 0.721 bits per heavy atom. The normalized spacial score (nSPS) is 16.5. The first-order valence-corrected chi connectivity index (χ1v) is 29.0. The summed E-state index contributed by atoms with van der Waals surface area (Å²) in [6, 6.07) is 28.1. The van der Waals surface area contributed by atoms with Crippen LogP contribution in [0.2, 0.25) is 15.1 Å². The minimum Gasteiger partial charge on any atom is -0.497 e. The molecule has 0 bridgehead atoms. The van der Waals surface area contributed by atoms with E-state index in [1.54, 1.807) is 92.3 Å². The summed E-state index contributed by atoms with van der Waals surface area (Å²) in [5.74, 6) is -1.78. The van der Waals surface area contributed by atoms with Crippen molar-refractivity contribution in [2.24, 2.45) is 4.99 Å². The molecule has 86 heavy (non-hydrogen) atoms. The second kappa shape index (κ2) is 28.4. The lowest BCUT2D eigenvalue weighted by atomic mass is 9.93. The molecule has 3 atom stereocenters. The Balaban J connectivity index is 0.698. The van der Waals surface area contributed by atoms with Gasteiger partial charge in [-0.25, -0.2) is 18.6 Å². The van der Waals surface area contributed by atoms with Gasteiger partial charge in [0.05, 0.1) is 73.8 Å². The van der Waals surface area contributed by atoms with Crippen molar-refractivity contribution < 1.29 is 56.4 Å². The predicted molar refractivity (Wildman–Crippen MR) is 321 cm³/mol. The smallest absolute Gasteiger partial charge is 0.326 e. The number of rotatable bonds is 21. The van der Waals surface area contributed by atoms with Crippen LogP contribution in [0.3, 0.4) is 0 Å². The van der Waals surface area contributed by atoms with Crippen LogP contribution in [0.15, 0.2) is 120 Å². The number of hydrogen-bond acceptors (Lipinski definition) is 13. The molecule has 0 unspecified atom stereocenters. The van der Waals surface area contributed by atoms with Gasteiger partial charge in [0.25, 0.3) is 11.8 Å². The fraction of sp³-hybridized carbons (Fsp3) is 0.339. The Morgan fingerprint density at radius 3 is 2.03 bits per heavy atom. The lowest BCUT2D eigenvalue weighted by Crippen LogP contribution is -2.56. The van der Waals surface area contributed by atoms with E-state index in [9.17, 15) is 28.0 Å². The zero-order valence-electron chi connectivity index (χ0n) is 47.7. The van der Waals surface area contributed by atoms with Crippen LogP contribution in [-0.2, 0) is 19.1 Å². The number of nitrogens with zero attached hydrogens (tertiary/aromatic N) is 7. The van der Waals surface area contributed by atoms with Gasteiger partial charge in [0.15, 0.2) is 17.4 Å². The number of urea groups is 1. The Bertz CT molecular complexity index is 3470. The van der Waals surface area contributed by atoms with Crippen LogP contribution in [0.1, 0.15) is 88.3 Å². The van der Waals surface area contributed by atoms with Crippen LogP contribution in [-0.4, -0.2) is 157 Å². The molecule has 3 aliphatic rings. The monoisotopic (exact) mass is 1240 g/mol. The Morgan fingerprint density at radius 2 is 1.37 bits per heavy atom. The van der Waals surface area contributed by atoms with E-state index in [1.807, 2.05) is 44.2 Å². The quantitative estimate of drug-likeness (QED) is 0.0509. The van der Waals surface area contributed by atoms with Gasteiger partial charge in [-0.1, -0.05) is 59.1 Å². The van der Waals surface area contributed by atoms with Gasteiger partial charge < -0.3 is 54.3 Å². The highest BCUT2D eigenvalue weighted by atomic mass is 35.5. The summed E-state index contributed by atoms with van der Waals surface area (Å²) in [6.07, 6.45) is -0.0185. The number of methoxy groups -OCH3 is 1. The molecule has 0 spiro atoms. The number of amidine groups is 1. The molecule has 0 radical (unpaired) electrons. The van der Waals surface area contributed by atoms with E-state index in [0.29, 0.717) is 76.9 Å². The highest BCUT2D eigenvalue weighted by molar-refractivity contribution is 6.31. The number of nitrogens with two attached hydrogens (primary N) is 1. The molecule has 6 amide bonds. The van der Waals surface area contributed by atoms with Gasteiger partial charge in [0.2, 0.25) is 11.8 Å². The molecule has 5 aromatic carbocycles. The first-order valence-electron chi connectivity index (χ1n) is 27.9. The number of carbonyl (C=O) groups excluding carboxylic acids is 5. The number of nitrogen functional groups attached to an aromatic ring is 1. The third-order valence-electron chi connectivity index (χ3n) is 14.7. The topological polar surface area (TPSA) is 211 Å². The van der Waals surface area contributed by atoms with Crippen molar-refractivity contribution in [3.8, 4) is 17.2 Å². The van der Waals surface area contributed by atoms with Gasteiger partial charge in [-0.3, -0.25) is 29.1 Å². The lowest BCUT2D eigenvalue weighted by Gasteiger charge is -2.38. The first kappa shape index (κ1) is 62.5. The number of hydrogen-bond donors (Lipinski definition) is 2. The number of pyridine rings is 1. The molecular formula is C62H64Cl3F2N9O10. The number of halogens is 5. The summed E-state index contributed by atoms with van der Waals surface area (Å²) in [7, 11) is 1.57. The molecule has 3 aliphatic heterocycles. The van der Waals surface area contributed by atoms with Gasteiger partial charge in [0.1, 0.15) is 41.8 Å².